The van der Waals surface area contributed by atoms with Gasteiger partial charge < -0.3 is 15.6 Å². The van der Waals surface area contributed by atoms with Crippen molar-refractivity contribution in [3.63, 3.8) is 0 Å². The Morgan fingerprint density at radius 1 is 1.50 bits per heavy atom. The van der Waals surface area contributed by atoms with Gasteiger partial charge in [0.05, 0.1) is 6.10 Å². The molecule has 1 fully saturated rings. The second-order valence-electron chi connectivity index (χ2n) is 5.63. The van der Waals surface area contributed by atoms with Gasteiger partial charge in [-0.05, 0) is 38.0 Å². The summed E-state index contributed by atoms with van der Waals surface area (Å²) in [6.07, 6.45) is 5.81. The molecule has 0 bridgehead atoms. The second kappa shape index (κ2) is 6.58. The predicted molar refractivity (Wildman–Crippen MR) is 66.2 cm³/mol. The molecule has 0 amide bonds. The number of rotatable bonds is 7. The zero-order valence-electron chi connectivity index (χ0n) is 10.7. The van der Waals surface area contributed by atoms with Crippen molar-refractivity contribution in [1.82, 2.24) is 0 Å². The molecule has 0 saturated carbocycles. The first-order valence-electron chi connectivity index (χ1n) is 6.54. The highest BCUT2D eigenvalue weighted by atomic mass is 16.5. The molecule has 0 aromatic carbocycles. The fourth-order valence-electron chi connectivity index (χ4n) is 2.70. The van der Waals surface area contributed by atoms with E-state index in [0.29, 0.717) is 18.6 Å². The first kappa shape index (κ1) is 13.9. The standard InChI is InChI=1S/C13H27NO2/c1-11(2)8-13(9-14,10-15)6-5-12-4-3-7-16-12/h11-12,15H,3-10,14H2,1-2H3. The van der Waals surface area contributed by atoms with Crippen LogP contribution >= 0.6 is 0 Å². The smallest absolute Gasteiger partial charge is 0.0576 e. The van der Waals surface area contributed by atoms with Crippen LogP contribution in [-0.2, 0) is 4.74 Å². The van der Waals surface area contributed by atoms with Crippen molar-refractivity contribution in [3.05, 3.63) is 0 Å². The van der Waals surface area contributed by atoms with Crippen molar-refractivity contribution in [2.75, 3.05) is 19.8 Å². The van der Waals surface area contributed by atoms with Crippen molar-refractivity contribution in [3.8, 4) is 0 Å². The molecule has 2 atom stereocenters. The van der Waals surface area contributed by atoms with Gasteiger partial charge in [0.2, 0.25) is 0 Å². The quantitative estimate of drug-likeness (QED) is 0.701. The van der Waals surface area contributed by atoms with E-state index in [2.05, 4.69) is 13.8 Å². The minimum atomic E-state index is -0.0832. The molecular formula is C13H27NO2. The number of ether oxygens (including phenoxy) is 1. The van der Waals surface area contributed by atoms with Gasteiger partial charge in [0.1, 0.15) is 0 Å². The lowest BCUT2D eigenvalue weighted by atomic mass is 9.76. The molecule has 1 aliphatic heterocycles. The molecule has 0 spiro atoms. The molecule has 16 heavy (non-hydrogen) atoms. The van der Waals surface area contributed by atoms with E-state index in [-0.39, 0.29) is 12.0 Å². The maximum Gasteiger partial charge on any atom is 0.0576 e. The zero-order chi connectivity index (χ0) is 12.0. The Morgan fingerprint density at radius 3 is 2.69 bits per heavy atom. The molecular weight excluding hydrogens is 202 g/mol. The van der Waals surface area contributed by atoms with Crippen LogP contribution in [0, 0.1) is 11.3 Å². The summed E-state index contributed by atoms with van der Waals surface area (Å²) >= 11 is 0. The van der Waals surface area contributed by atoms with E-state index in [1.54, 1.807) is 0 Å². The maximum absolute atomic E-state index is 9.58. The Labute approximate surface area is 99.4 Å². The third-order valence-electron chi connectivity index (χ3n) is 3.63. The van der Waals surface area contributed by atoms with Gasteiger partial charge in [0.25, 0.3) is 0 Å². The molecule has 1 heterocycles. The van der Waals surface area contributed by atoms with Crippen LogP contribution in [0.3, 0.4) is 0 Å². The van der Waals surface area contributed by atoms with E-state index >= 15 is 0 Å². The molecule has 0 aromatic heterocycles. The van der Waals surface area contributed by atoms with E-state index in [4.69, 9.17) is 10.5 Å². The number of aliphatic hydroxyl groups excluding tert-OH is 1. The van der Waals surface area contributed by atoms with E-state index in [1.807, 2.05) is 0 Å². The molecule has 3 heteroatoms. The second-order valence-corrected chi connectivity index (χ2v) is 5.63. The average Bonchev–Trinajstić information content (AvgIpc) is 2.77. The van der Waals surface area contributed by atoms with Crippen LogP contribution in [-0.4, -0.2) is 31.0 Å². The predicted octanol–water partition coefficient (Wildman–Crippen LogP) is 1.93. The van der Waals surface area contributed by atoms with Crippen molar-refractivity contribution in [2.45, 2.75) is 52.1 Å². The first-order valence-corrected chi connectivity index (χ1v) is 6.54. The lowest BCUT2D eigenvalue weighted by Crippen LogP contribution is -2.36. The average molecular weight is 229 g/mol. The fraction of sp³-hybridized carbons (Fsp3) is 1.00. The third-order valence-corrected chi connectivity index (χ3v) is 3.63. The van der Waals surface area contributed by atoms with E-state index in [9.17, 15) is 5.11 Å². The van der Waals surface area contributed by atoms with Crippen LogP contribution in [0.2, 0.25) is 0 Å². The summed E-state index contributed by atoms with van der Waals surface area (Å²) in [5.74, 6) is 0.584. The molecule has 0 aromatic rings. The summed E-state index contributed by atoms with van der Waals surface area (Å²) < 4.78 is 5.62. The lowest BCUT2D eigenvalue weighted by Gasteiger charge is -2.33. The summed E-state index contributed by atoms with van der Waals surface area (Å²) in [6.45, 7) is 6.06. The topological polar surface area (TPSA) is 55.5 Å². The Hall–Kier alpha value is -0.120. The maximum atomic E-state index is 9.58. The minimum absolute atomic E-state index is 0.0832. The third kappa shape index (κ3) is 4.04. The highest BCUT2D eigenvalue weighted by Gasteiger charge is 2.30. The van der Waals surface area contributed by atoms with Crippen LogP contribution in [0.25, 0.3) is 0 Å². The fourth-order valence-corrected chi connectivity index (χ4v) is 2.70. The van der Waals surface area contributed by atoms with Gasteiger partial charge in [-0.1, -0.05) is 13.8 Å². The monoisotopic (exact) mass is 229 g/mol. The van der Waals surface area contributed by atoms with Crippen LogP contribution in [0.5, 0.6) is 0 Å². The van der Waals surface area contributed by atoms with E-state index in [1.165, 1.54) is 12.8 Å². The van der Waals surface area contributed by atoms with Crippen LogP contribution < -0.4 is 5.73 Å². The molecule has 1 saturated heterocycles. The first-order chi connectivity index (χ1) is 7.62. The normalized spacial score (nSPS) is 24.9. The highest BCUT2D eigenvalue weighted by molar-refractivity contribution is 4.82. The molecule has 2 unspecified atom stereocenters. The number of aliphatic hydroxyl groups is 1. The van der Waals surface area contributed by atoms with Crippen molar-refractivity contribution >= 4 is 0 Å². The van der Waals surface area contributed by atoms with Gasteiger partial charge in [-0.2, -0.15) is 0 Å². The van der Waals surface area contributed by atoms with Gasteiger partial charge in [-0.25, -0.2) is 0 Å². The molecule has 0 aliphatic carbocycles. The van der Waals surface area contributed by atoms with Gasteiger partial charge in [0, 0.05) is 25.2 Å². The Balaban J connectivity index is 2.41. The molecule has 1 aliphatic rings. The van der Waals surface area contributed by atoms with Crippen molar-refractivity contribution in [1.29, 1.82) is 0 Å². The Morgan fingerprint density at radius 2 is 2.25 bits per heavy atom. The zero-order valence-corrected chi connectivity index (χ0v) is 10.7. The molecule has 1 rings (SSSR count). The summed E-state index contributed by atoms with van der Waals surface area (Å²) in [5, 5.41) is 9.58. The van der Waals surface area contributed by atoms with Gasteiger partial charge in [-0.3, -0.25) is 0 Å². The van der Waals surface area contributed by atoms with Crippen LogP contribution in [0.15, 0.2) is 0 Å². The highest BCUT2D eigenvalue weighted by Crippen LogP contribution is 2.32. The summed E-state index contributed by atoms with van der Waals surface area (Å²) in [7, 11) is 0. The SMILES string of the molecule is CC(C)CC(CN)(CO)CCC1CCCO1. The van der Waals surface area contributed by atoms with E-state index in [0.717, 1.165) is 25.9 Å². The molecule has 96 valence electrons. The van der Waals surface area contributed by atoms with Crippen molar-refractivity contribution in [2.24, 2.45) is 17.1 Å². The van der Waals surface area contributed by atoms with Gasteiger partial charge >= 0.3 is 0 Å². The Kier molecular flexibility index (Phi) is 5.73. The summed E-state index contributed by atoms with van der Waals surface area (Å²) in [6, 6.07) is 0. The minimum Gasteiger partial charge on any atom is -0.396 e. The Bertz CT molecular complexity index is 184. The van der Waals surface area contributed by atoms with E-state index < -0.39 is 0 Å². The van der Waals surface area contributed by atoms with Crippen LogP contribution in [0.4, 0.5) is 0 Å². The molecule has 3 nitrogen and oxygen atoms in total. The van der Waals surface area contributed by atoms with Gasteiger partial charge in [0.15, 0.2) is 0 Å². The number of nitrogens with two attached hydrogens (primary N) is 1. The number of hydrogen-bond acceptors (Lipinski definition) is 3. The number of hydrogen-bond donors (Lipinski definition) is 2. The molecule has 0 radical (unpaired) electrons. The molecule has 3 N–H and O–H groups in total. The van der Waals surface area contributed by atoms with Gasteiger partial charge in [-0.15, -0.1) is 0 Å². The summed E-state index contributed by atoms with van der Waals surface area (Å²) in [5.41, 5.74) is 5.77. The van der Waals surface area contributed by atoms with Crippen molar-refractivity contribution < 1.29 is 9.84 Å². The lowest BCUT2D eigenvalue weighted by molar-refractivity contribution is 0.0574. The largest absolute Gasteiger partial charge is 0.396 e. The van der Waals surface area contributed by atoms with Crippen LogP contribution in [0.1, 0.15) is 46.0 Å². The summed E-state index contributed by atoms with van der Waals surface area (Å²) in [4.78, 5) is 0.